The maximum Gasteiger partial charge on any atom is 0.312 e. The number of fused-ring (bicyclic) bond motifs is 5. The van der Waals surface area contributed by atoms with E-state index in [4.69, 9.17) is 10.5 Å². The zero-order chi connectivity index (χ0) is 27.9. The lowest BCUT2D eigenvalue weighted by Gasteiger charge is -2.24. The number of primary amides is 1. The largest absolute Gasteiger partial charge is 0.497 e. The fourth-order valence-corrected chi connectivity index (χ4v) is 6.55. The molecule has 10 nitrogen and oxygen atoms in total. The second-order valence-electron chi connectivity index (χ2n) is 10.6. The number of carbonyl (C=O) groups is 2. The number of methoxy groups -OCH3 is 1. The highest BCUT2D eigenvalue weighted by molar-refractivity contribution is 7.87. The Hall–Kier alpha value is -3.57. The molecule has 0 bridgehead atoms. The van der Waals surface area contributed by atoms with E-state index in [1.165, 1.54) is 26.1 Å². The molecule has 11 heteroatoms. The molecule has 4 N–H and O–H groups in total. The van der Waals surface area contributed by atoms with Gasteiger partial charge >= 0.3 is 16.2 Å². The number of urea groups is 1. The second kappa shape index (κ2) is 10.5. The van der Waals surface area contributed by atoms with E-state index in [1.807, 2.05) is 18.2 Å². The average molecular weight is 554 g/mol. The van der Waals surface area contributed by atoms with Gasteiger partial charge in [-0.3, -0.25) is 4.79 Å². The summed E-state index contributed by atoms with van der Waals surface area (Å²) in [4.78, 5) is 25.0. The van der Waals surface area contributed by atoms with E-state index in [-0.39, 0.29) is 11.6 Å². The Bertz CT molecular complexity index is 1540. The van der Waals surface area contributed by atoms with E-state index in [9.17, 15) is 18.0 Å². The highest BCUT2D eigenvalue weighted by Crippen LogP contribution is 2.46. The summed E-state index contributed by atoms with van der Waals surface area (Å²) >= 11 is 0. The average Bonchev–Trinajstić information content (AvgIpc) is 3.12. The maximum atomic E-state index is 13.0. The lowest BCUT2D eigenvalue weighted by Crippen LogP contribution is -2.42. The maximum absolute atomic E-state index is 13.0. The molecular formula is C28H35N5O5S. The Morgan fingerprint density at radius 1 is 1.08 bits per heavy atom. The van der Waals surface area contributed by atoms with Gasteiger partial charge in [-0.05, 0) is 66.6 Å². The predicted molar refractivity (Wildman–Crippen MR) is 150 cm³/mol. The van der Waals surface area contributed by atoms with Gasteiger partial charge in [-0.25, -0.2) is 9.52 Å². The van der Waals surface area contributed by atoms with Crippen LogP contribution < -0.4 is 20.5 Å². The van der Waals surface area contributed by atoms with Crippen LogP contribution in [0.3, 0.4) is 0 Å². The molecule has 39 heavy (non-hydrogen) atoms. The van der Waals surface area contributed by atoms with E-state index in [0.29, 0.717) is 18.9 Å². The number of hydrogen-bond acceptors (Lipinski definition) is 5. The molecule has 2 heterocycles. The summed E-state index contributed by atoms with van der Waals surface area (Å²) in [5, 5.41) is 3.92. The van der Waals surface area contributed by atoms with Gasteiger partial charge in [0.25, 0.3) is 5.91 Å². The minimum absolute atomic E-state index is 0.238. The number of carbonyl (C=O) groups excluding carboxylic acids is 2. The summed E-state index contributed by atoms with van der Waals surface area (Å²) in [5.74, 6) is 0.379. The summed E-state index contributed by atoms with van der Waals surface area (Å²) in [6.45, 7) is 0.444. The summed E-state index contributed by atoms with van der Waals surface area (Å²) in [7, 11) is 0.404. The van der Waals surface area contributed by atoms with Crippen molar-refractivity contribution >= 4 is 33.1 Å². The normalized spacial score (nSPS) is 17.8. The van der Waals surface area contributed by atoms with Gasteiger partial charge in [0.05, 0.1) is 18.8 Å². The molecule has 0 spiro atoms. The number of nitrogens with zero attached hydrogens (tertiary/aromatic N) is 2. The second-order valence-corrected chi connectivity index (χ2v) is 12.5. The number of ether oxygens (including phenoxy) is 1. The van der Waals surface area contributed by atoms with Crippen LogP contribution >= 0.6 is 0 Å². The molecule has 1 unspecified atom stereocenters. The van der Waals surface area contributed by atoms with Crippen molar-refractivity contribution in [2.75, 3.05) is 21.2 Å². The summed E-state index contributed by atoms with van der Waals surface area (Å²) in [6, 6.07) is 10.5. The molecule has 0 saturated heterocycles. The summed E-state index contributed by atoms with van der Waals surface area (Å²) < 4.78 is 35.4. The first-order chi connectivity index (χ1) is 18.6. The molecule has 2 aromatic carbocycles. The number of rotatable bonds is 6. The summed E-state index contributed by atoms with van der Waals surface area (Å²) in [5.41, 5.74) is 11.0. The van der Waals surface area contributed by atoms with Gasteiger partial charge in [-0.15, -0.1) is 0 Å². The fraction of sp³-hybridized carbons (Fsp3) is 0.429. The van der Waals surface area contributed by atoms with E-state index < -0.39 is 22.1 Å². The van der Waals surface area contributed by atoms with Crippen LogP contribution in [0.15, 0.2) is 36.4 Å². The number of benzene rings is 2. The molecular weight excluding hydrogens is 518 g/mol. The minimum atomic E-state index is -3.95. The van der Waals surface area contributed by atoms with Crippen molar-refractivity contribution in [2.45, 2.75) is 57.0 Å². The smallest absolute Gasteiger partial charge is 0.312 e. The molecule has 1 aliphatic carbocycles. The van der Waals surface area contributed by atoms with Crippen LogP contribution in [0.5, 0.6) is 5.75 Å². The van der Waals surface area contributed by atoms with Crippen LogP contribution in [-0.4, -0.2) is 56.5 Å². The van der Waals surface area contributed by atoms with E-state index >= 15 is 0 Å². The van der Waals surface area contributed by atoms with Crippen LogP contribution in [0.1, 0.15) is 59.5 Å². The van der Waals surface area contributed by atoms with Crippen molar-refractivity contribution in [2.24, 2.45) is 5.73 Å². The molecule has 1 atom stereocenters. The van der Waals surface area contributed by atoms with E-state index in [0.717, 1.165) is 63.5 Å². The zero-order valence-electron chi connectivity index (χ0n) is 22.5. The third kappa shape index (κ3) is 5.20. The van der Waals surface area contributed by atoms with Crippen molar-refractivity contribution in [3.63, 3.8) is 0 Å². The van der Waals surface area contributed by atoms with Crippen molar-refractivity contribution < 1.29 is 22.7 Å². The van der Waals surface area contributed by atoms with Crippen molar-refractivity contribution in [3.8, 4) is 17.0 Å². The first-order valence-corrected chi connectivity index (χ1v) is 14.7. The van der Waals surface area contributed by atoms with Crippen molar-refractivity contribution in [1.82, 2.24) is 18.9 Å². The molecule has 5 rings (SSSR count). The van der Waals surface area contributed by atoms with Crippen molar-refractivity contribution in [1.29, 1.82) is 0 Å². The van der Waals surface area contributed by atoms with Crippen LogP contribution in [-0.2, 0) is 23.2 Å². The standard InChI is InChI=1S/C28H35N5O5S/c1-32(2)39(36,37)31-27(34)18-9-11-23-24(15-18)33-16-20(30-28(29)35)13-19-14-21(38-3)10-12-22(19)26(33)25(23)17-7-5-4-6-8-17/h9-12,14-15,17,20H,4-8,13,16H2,1-3H3,(H,31,34)(H3,29,30,35). The lowest BCUT2D eigenvalue weighted by molar-refractivity contribution is 0.0979. The van der Waals surface area contributed by atoms with Gasteiger partial charge in [-0.2, -0.15) is 12.7 Å². The fourth-order valence-electron chi connectivity index (χ4n) is 6.01. The molecule has 1 saturated carbocycles. The SMILES string of the molecule is COc1ccc2c(c1)CC(NC(N)=O)Cn1c-2c(C2CCCCC2)c2ccc(C(=O)NS(=O)(=O)N(C)C)cc21. The molecule has 2 aliphatic rings. The van der Waals surface area contributed by atoms with E-state index in [1.54, 1.807) is 19.2 Å². The number of aromatic nitrogens is 1. The Morgan fingerprint density at radius 3 is 2.49 bits per heavy atom. The van der Waals surface area contributed by atoms with Crippen LogP contribution in [0.4, 0.5) is 4.79 Å². The molecule has 1 aliphatic heterocycles. The quantitative estimate of drug-likeness (QED) is 0.429. The van der Waals surface area contributed by atoms with Crippen LogP contribution in [0.2, 0.25) is 0 Å². The van der Waals surface area contributed by atoms with E-state index in [2.05, 4.69) is 20.7 Å². The molecule has 3 amide bonds. The molecule has 3 aromatic rings. The minimum Gasteiger partial charge on any atom is -0.497 e. The number of amides is 3. The molecule has 208 valence electrons. The Morgan fingerprint density at radius 2 is 1.82 bits per heavy atom. The Labute approximate surface area is 228 Å². The van der Waals surface area contributed by atoms with Gasteiger partial charge in [0, 0.05) is 42.7 Å². The van der Waals surface area contributed by atoms with Gasteiger partial charge in [0.2, 0.25) is 0 Å². The van der Waals surface area contributed by atoms with Gasteiger partial charge in [-0.1, -0.05) is 25.3 Å². The topological polar surface area (TPSA) is 136 Å². The van der Waals surface area contributed by atoms with Gasteiger partial charge in [0.15, 0.2) is 0 Å². The van der Waals surface area contributed by atoms with Gasteiger partial charge in [0.1, 0.15) is 5.75 Å². The lowest BCUT2D eigenvalue weighted by atomic mass is 9.81. The number of nitrogens with one attached hydrogen (secondary N) is 2. The predicted octanol–water partition coefficient (Wildman–Crippen LogP) is 3.49. The Kier molecular flexibility index (Phi) is 7.30. The van der Waals surface area contributed by atoms with Crippen LogP contribution in [0, 0.1) is 0 Å². The first kappa shape index (κ1) is 27.0. The van der Waals surface area contributed by atoms with Crippen molar-refractivity contribution in [3.05, 3.63) is 53.1 Å². The highest BCUT2D eigenvalue weighted by Gasteiger charge is 2.32. The highest BCUT2D eigenvalue weighted by atomic mass is 32.2. The molecule has 1 aromatic heterocycles. The Balaban J connectivity index is 1.74. The van der Waals surface area contributed by atoms with Crippen LogP contribution in [0.25, 0.3) is 22.2 Å². The third-order valence-corrected chi connectivity index (χ3v) is 9.27. The molecule has 1 fully saturated rings. The van der Waals surface area contributed by atoms with Gasteiger partial charge < -0.3 is 20.4 Å². The number of hydrogen-bond donors (Lipinski definition) is 3. The monoisotopic (exact) mass is 553 g/mol. The zero-order valence-corrected chi connectivity index (χ0v) is 23.3. The molecule has 0 radical (unpaired) electrons. The number of nitrogens with two attached hydrogens (primary N) is 1. The first-order valence-electron chi connectivity index (χ1n) is 13.2. The third-order valence-electron chi connectivity index (χ3n) is 7.86. The summed E-state index contributed by atoms with van der Waals surface area (Å²) in [6.07, 6.45) is 6.23.